The standard InChI is InChI=1S/C8H12N4O3/c1-14-8(13)7-10-6(11-12-7)5-4-9-2-3-15-5/h5,9H,2-4H2,1H3,(H,10,11,12). The number of nitrogens with one attached hydrogen (secondary N) is 2. The zero-order valence-corrected chi connectivity index (χ0v) is 8.32. The van der Waals surface area contributed by atoms with Crippen molar-refractivity contribution in [1.29, 1.82) is 0 Å². The van der Waals surface area contributed by atoms with Crippen molar-refractivity contribution in [3.8, 4) is 0 Å². The molecular weight excluding hydrogens is 200 g/mol. The highest BCUT2D eigenvalue weighted by Crippen LogP contribution is 2.14. The lowest BCUT2D eigenvalue weighted by molar-refractivity contribution is 0.0223. The lowest BCUT2D eigenvalue weighted by Crippen LogP contribution is -2.33. The fourth-order valence-electron chi connectivity index (χ4n) is 1.34. The maximum atomic E-state index is 11.1. The molecule has 1 aromatic rings. The third kappa shape index (κ3) is 2.13. The summed E-state index contributed by atoms with van der Waals surface area (Å²) in [4.78, 5) is 15.1. The van der Waals surface area contributed by atoms with Gasteiger partial charge in [0.1, 0.15) is 6.10 Å². The molecule has 1 aliphatic rings. The summed E-state index contributed by atoms with van der Waals surface area (Å²) in [5.41, 5.74) is 0. The molecule has 1 aromatic heterocycles. The van der Waals surface area contributed by atoms with Crippen LogP contribution in [0.1, 0.15) is 22.5 Å². The molecule has 0 amide bonds. The summed E-state index contributed by atoms with van der Waals surface area (Å²) in [7, 11) is 1.29. The topological polar surface area (TPSA) is 89.1 Å². The van der Waals surface area contributed by atoms with Crippen molar-refractivity contribution >= 4 is 5.97 Å². The molecule has 0 saturated carbocycles. The van der Waals surface area contributed by atoms with Crippen molar-refractivity contribution in [1.82, 2.24) is 20.5 Å². The van der Waals surface area contributed by atoms with Gasteiger partial charge in [-0.1, -0.05) is 0 Å². The normalized spacial score (nSPS) is 21.3. The van der Waals surface area contributed by atoms with Crippen LogP contribution < -0.4 is 5.32 Å². The van der Waals surface area contributed by atoms with E-state index in [1.807, 2.05) is 0 Å². The summed E-state index contributed by atoms with van der Waals surface area (Å²) >= 11 is 0. The van der Waals surface area contributed by atoms with E-state index in [9.17, 15) is 4.79 Å². The van der Waals surface area contributed by atoms with E-state index in [0.29, 0.717) is 19.0 Å². The van der Waals surface area contributed by atoms with Crippen molar-refractivity contribution in [3.05, 3.63) is 11.6 Å². The number of morpholine rings is 1. The molecule has 0 radical (unpaired) electrons. The van der Waals surface area contributed by atoms with Crippen LogP contribution in [0, 0.1) is 0 Å². The Morgan fingerprint density at radius 3 is 3.20 bits per heavy atom. The number of hydrogen-bond donors (Lipinski definition) is 2. The third-order valence-electron chi connectivity index (χ3n) is 2.10. The summed E-state index contributed by atoms with van der Waals surface area (Å²) in [6.07, 6.45) is -0.176. The molecule has 82 valence electrons. The number of aromatic amines is 1. The van der Waals surface area contributed by atoms with Crippen LogP contribution in [-0.2, 0) is 9.47 Å². The Balaban J connectivity index is 2.08. The minimum Gasteiger partial charge on any atom is -0.463 e. The average molecular weight is 212 g/mol. The van der Waals surface area contributed by atoms with Crippen LogP contribution in [0.3, 0.4) is 0 Å². The zero-order valence-electron chi connectivity index (χ0n) is 8.32. The molecule has 1 fully saturated rings. The molecule has 2 N–H and O–H groups in total. The van der Waals surface area contributed by atoms with Crippen LogP contribution in [0.2, 0.25) is 0 Å². The molecule has 15 heavy (non-hydrogen) atoms. The van der Waals surface area contributed by atoms with E-state index in [0.717, 1.165) is 6.54 Å². The molecule has 7 heteroatoms. The first kappa shape index (κ1) is 10.1. The van der Waals surface area contributed by atoms with Gasteiger partial charge >= 0.3 is 5.97 Å². The lowest BCUT2D eigenvalue weighted by atomic mass is 10.3. The number of carbonyl (C=O) groups excluding carboxylic acids is 1. The first-order chi connectivity index (χ1) is 7.31. The summed E-state index contributed by atoms with van der Waals surface area (Å²) in [5, 5.41) is 9.56. The van der Waals surface area contributed by atoms with Gasteiger partial charge in [-0.3, -0.25) is 5.10 Å². The number of H-pyrrole nitrogens is 1. The van der Waals surface area contributed by atoms with Crippen molar-refractivity contribution < 1.29 is 14.3 Å². The van der Waals surface area contributed by atoms with Crippen LogP contribution in [-0.4, -0.2) is 48.0 Å². The Bertz CT molecular complexity index is 345. The highest BCUT2D eigenvalue weighted by Gasteiger charge is 2.21. The molecule has 1 saturated heterocycles. The van der Waals surface area contributed by atoms with Gasteiger partial charge in [-0.2, -0.15) is 0 Å². The summed E-state index contributed by atoms with van der Waals surface area (Å²) in [6, 6.07) is 0. The SMILES string of the molecule is COC(=O)c1n[nH]c(C2CNCCO2)n1. The molecule has 1 unspecified atom stereocenters. The molecule has 1 aliphatic heterocycles. The van der Waals surface area contributed by atoms with Crippen LogP contribution in [0.5, 0.6) is 0 Å². The molecular formula is C8H12N4O3. The fraction of sp³-hybridized carbons (Fsp3) is 0.625. The molecule has 1 atom stereocenters. The van der Waals surface area contributed by atoms with E-state index in [1.165, 1.54) is 7.11 Å². The van der Waals surface area contributed by atoms with E-state index in [4.69, 9.17) is 4.74 Å². The molecule has 2 heterocycles. The minimum absolute atomic E-state index is 0.0293. The second-order valence-corrected chi connectivity index (χ2v) is 3.10. The molecule has 0 aromatic carbocycles. The van der Waals surface area contributed by atoms with Crippen molar-refractivity contribution in [3.63, 3.8) is 0 Å². The highest BCUT2D eigenvalue weighted by atomic mass is 16.5. The number of nitrogens with zero attached hydrogens (tertiary/aromatic N) is 2. The molecule has 7 nitrogen and oxygen atoms in total. The van der Waals surface area contributed by atoms with Crippen LogP contribution in [0.25, 0.3) is 0 Å². The third-order valence-corrected chi connectivity index (χ3v) is 2.10. The van der Waals surface area contributed by atoms with Gasteiger partial charge in [0, 0.05) is 13.1 Å². The Morgan fingerprint density at radius 2 is 2.53 bits per heavy atom. The van der Waals surface area contributed by atoms with Crippen LogP contribution >= 0.6 is 0 Å². The molecule has 0 aliphatic carbocycles. The smallest absolute Gasteiger partial charge is 0.377 e. The predicted octanol–water partition coefficient (Wildman–Crippen LogP) is -0.748. The zero-order chi connectivity index (χ0) is 10.7. The first-order valence-electron chi connectivity index (χ1n) is 4.64. The van der Waals surface area contributed by atoms with E-state index in [2.05, 4.69) is 25.2 Å². The number of rotatable bonds is 2. The lowest BCUT2D eigenvalue weighted by Gasteiger charge is -2.21. The minimum atomic E-state index is -0.554. The van der Waals surface area contributed by atoms with Gasteiger partial charge in [0.2, 0.25) is 0 Å². The van der Waals surface area contributed by atoms with Crippen molar-refractivity contribution in [2.45, 2.75) is 6.10 Å². The molecule has 0 spiro atoms. The number of methoxy groups -OCH3 is 1. The second-order valence-electron chi connectivity index (χ2n) is 3.10. The maximum Gasteiger partial charge on any atom is 0.377 e. The first-order valence-corrected chi connectivity index (χ1v) is 4.64. The Labute approximate surface area is 86.2 Å². The quantitative estimate of drug-likeness (QED) is 0.627. The Hall–Kier alpha value is -1.47. The molecule has 0 bridgehead atoms. The number of carbonyl (C=O) groups is 1. The fourth-order valence-corrected chi connectivity index (χ4v) is 1.34. The summed E-state index contributed by atoms with van der Waals surface area (Å²) in [5.74, 6) is 0.0190. The van der Waals surface area contributed by atoms with Crippen molar-refractivity contribution in [2.75, 3.05) is 26.8 Å². The number of aromatic nitrogens is 3. The van der Waals surface area contributed by atoms with Gasteiger partial charge in [-0.25, -0.2) is 9.78 Å². The van der Waals surface area contributed by atoms with E-state index >= 15 is 0 Å². The van der Waals surface area contributed by atoms with Gasteiger partial charge in [0.15, 0.2) is 5.82 Å². The Kier molecular flexibility index (Phi) is 2.93. The van der Waals surface area contributed by atoms with Gasteiger partial charge in [0.25, 0.3) is 5.82 Å². The van der Waals surface area contributed by atoms with Crippen molar-refractivity contribution in [2.24, 2.45) is 0 Å². The average Bonchev–Trinajstić information content (AvgIpc) is 2.78. The summed E-state index contributed by atoms with van der Waals surface area (Å²) < 4.78 is 9.94. The number of esters is 1. The largest absolute Gasteiger partial charge is 0.463 e. The van der Waals surface area contributed by atoms with Gasteiger partial charge in [-0.15, -0.1) is 5.10 Å². The van der Waals surface area contributed by atoms with Crippen LogP contribution in [0.4, 0.5) is 0 Å². The van der Waals surface area contributed by atoms with Gasteiger partial charge < -0.3 is 14.8 Å². The monoisotopic (exact) mass is 212 g/mol. The van der Waals surface area contributed by atoms with Gasteiger partial charge in [0.05, 0.1) is 13.7 Å². The highest BCUT2D eigenvalue weighted by molar-refractivity contribution is 5.84. The van der Waals surface area contributed by atoms with Crippen LogP contribution in [0.15, 0.2) is 0 Å². The number of ether oxygens (including phenoxy) is 2. The Morgan fingerprint density at radius 1 is 1.67 bits per heavy atom. The van der Waals surface area contributed by atoms with E-state index in [1.54, 1.807) is 0 Å². The molecule has 2 rings (SSSR count). The van der Waals surface area contributed by atoms with E-state index in [-0.39, 0.29) is 11.9 Å². The predicted molar refractivity (Wildman–Crippen MR) is 49.3 cm³/mol. The van der Waals surface area contributed by atoms with E-state index < -0.39 is 5.97 Å². The van der Waals surface area contributed by atoms with Gasteiger partial charge in [-0.05, 0) is 0 Å². The maximum absolute atomic E-state index is 11.1. The summed E-state index contributed by atoms with van der Waals surface area (Å²) in [6.45, 7) is 2.11. The second kappa shape index (κ2) is 4.37. The number of hydrogen-bond acceptors (Lipinski definition) is 6.